The Kier molecular flexibility index (Phi) is 4.80. The Morgan fingerprint density at radius 3 is 3.17 bits per heavy atom. The summed E-state index contributed by atoms with van der Waals surface area (Å²) in [6.07, 6.45) is 4.32. The van der Waals surface area contributed by atoms with Crippen molar-refractivity contribution in [3.05, 3.63) is 22.8 Å². The van der Waals surface area contributed by atoms with Crippen molar-refractivity contribution in [3.63, 3.8) is 0 Å². The highest BCUT2D eigenvalue weighted by Gasteiger charge is 2.20. The molecule has 5 heteroatoms. The molecule has 2 heterocycles. The van der Waals surface area contributed by atoms with Crippen LogP contribution in [-0.4, -0.2) is 38.3 Å². The van der Waals surface area contributed by atoms with Crippen molar-refractivity contribution in [1.29, 1.82) is 0 Å². The van der Waals surface area contributed by atoms with Crippen molar-refractivity contribution in [2.45, 2.75) is 25.5 Å². The highest BCUT2D eigenvalue weighted by atomic mass is 35.5. The summed E-state index contributed by atoms with van der Waals surface area (Å²) in [4.78, 5) is 6.70. The topological polar surface area (TPSA) is 37.4 Å². The molecule has 1 unspecified atom stereocenters. The zero-order chi connectivity index (χ0) is 13.0. The first-order valence-electron chi connectivity index (χ1n) is 6.31. The lowest BCUT2D eigenvalue weighted by molar-refractivity contribution is 0.0891. The normalized spacial score (nSPS) is 20.2. The molecule has 4 nitrogen and oxygen atoms in total. The summed E-state index contributed by atoms with van der Waals surface area (Å²) < 4.78 is 5.44. The number of rotatable bonds is 4. The summed E-state index contributed by atoms with van der Waals surface area (Å²) in [5.41, 5.74) is 1.09. The minimum atomic E-state index is 0.309. The van der Waals surface area contributed by atoms with Crippen LogP contribution in [-0.2, 0) is 11.3 Å². The third kappa shape index (κ3) is 3.13. The van der Waals surface area contributed by atoms with Gasteiger partial charge in [-0.25, -0.2) is 4.98 Å². The predicted molar refractivity (Wildman–Crippen MR) is 74.3 cm³/mol. The monoisotopic (exact) mass is 269 g/mol. The van der Waals surface area contributed by atoms with Gasteiger partial charge in [0.2, 0.25) is 0 Å². The predicted octanol–water partition coefficient (Wildman–Crippen LogP) is 2.07. The van der Waals surface area contributed by atoms with Crippen molar-refractivity contribution < 1.29 is 4.74 Å². The second kappa shape index (κ2) is 6.36. The molecule has 100 valence electrons. The van der Waals surface area contributed by atoms with Gasteiger partial charge in [0, 0.05) is 32.9 Å². The Labute approximate surface area is 113 Å². The van der Waals surface area contributed by atoms with E-state index >= 15 is 0 Å². The SMILES string of the molecule is CNCc1cc(N2CCCC(OC)C2)ncc1Cl. The van der Waals surface area contributed by atoms with Crippen LogP contribution in [0, 0.1) is 0 Å². The molecule has 1 aliphatic heterocycles. The molecule has 1 saturated heterocycles. The van der Waals surface area contributed by atoms with Gasteiger partial charge < -0.3 is 15.0 Å². The first kappa shape index (κ1) is 13.6. The smallest absolute Gasteiger partial charge is 0.128 e. The highest BCUT2D eigenvalue weighted by molar-refractivity contribution is 6.31. The van der Waals surface area contributed by atoms with Crippen LogP contribution in [0.4, 0.5) is 5.82 Å². The fourth-order valence-electron chi connectivity index (χ4n) is 2.31. The molecule has 1 fully saturated rings. The largest absolute Gasteiger partial charge is 0.380 e. The number of pyridine rings is 1. The first-order valence-corrected chi connectivity index (χ1v) is 6.69. The second-order valence-corrected chi connectivity index (χ2v) is 5.02. The number of piperidine rings is 1. The van der Waals surface area contributed by atoms with E-state index < -0.39 is 0 Å². The zero-order valence-corrected chi connectivity index (χ0v) is 11.7. The number of aromatic nitrogens is 1. The number of halogens is 1. The molecule has 1 aromatic rings. The standard InChI is InChI=1S/C13H20ClN3O/c1-15-7-10-6-13(16-8-12(10)14)17-5-3-4-11(9-17)18-2/h6,8,11,15H,3-5,7,9H2,1-2H3. The summed E-state index contributed by atoms with van der Waals surface area (Å²) in [6.45, 7) is 2.70. The van der Waals surface area contributed by atoms with Gasteiger partial charge in [0.1, 0.15) is 5.82 Å². The molecule has 1 atom stereocenters. The number of nitrogens with zero attached hydrogens (tertiary/aromatic N) is 2. The Bertz CT molecular complexity index is 400. The number of nitrogens with one attached hydrogen (secondary N) is 1. The molecule has 0 spiro atoms. The van der Waals surface area contributed by atoms with E-state index in [0.717, 1.165) is 43.9 Å². The van der Waals surface area contributed by atoms with Gasteiger partial charge in [0.15, 0.2) is 0 Å². The minimum absolute atomic E-state index is 0.309. The lowest BCUT2D eigenvalue weighted by Crippen LogP contribution is -2.39. The van der Waals surface area contributed by atoms with Crippen LogP contribution >= 0.6 is 11.6 Å². The molecule has 2 rings (SSSR count). The fourth-order valence-corrected chi connectivity index (χ4v) is 2.48. The van der Waals surface area contributed by atoms with E-state index in [2.05, 4.69) is 21.3 Å². The Morgan fingerprint density at radius 1 is 1.61 bits per heavy atom. The van der Waals surface area contributed by atoms with Crippen LogP contribution in [0.25, 0.3) is 0 Å². The van der Waals surface area contributed by atoms with Crippen LogP contribution in [0.3, 0.4) is 0 Å². The zero-order valence-electron chi connectivity index (χ0n) is 10.9. The molecule has 0 aromatic carbocycles. The van der Waals surface area contributed by atoms with E-state index in [1.165, 1.54) is 0 Å². The summed E-state index contributed by atoms with van der Waals surface area (Å²) in [5.74, 6) is 0.992. The molecular weight excluding hydrogens is 250 g/mol. The number of hydrogen-bond donors (Lipinski definition) is 1. The molecular formula is C13H20ClN3O. The summed E-state index contributed by atoms with van der Waals surface area (Å²) in [7, 11) is 3.69. The van der Waals surface area contributed by atoms with Crippen LogP contribution in [0.5, 0.6) is 0 Å². The maximum absolute atomic E-state index is 6.12. The number of ether oxygens (including phenoxy) is 1. The van der Waals surface area contributed by atoms with Gasteiger partial charge in [-0.1, -0.05) is 11.6 Å². The molecule has 0 saturated carbocycles. The summed E-state index contributed by atoms with van der Waals surface area (Å²) in [5, 5.41) is 3.84. The molecule has 0 radical (unpaired) electrons. The molecule has 0 amide bonds. The quantitative estimate of drug-likeness (QED) is 0.908. The van der Waals surface area contributed by atoms with E-state index in [-0.39, 0.29) is 0 Å². The van der Waals surface area contributed by atoms with Crippen molar-refractivity contribution in [2.75, 3.05) is 32.1 Å². The highest BCUT2D eigenvalue weighted by Crippen LogP contribution is 2.23. The van der Waals surface area contributed by atoms with E-state index in [1.807, 2.05) is 7.05 Å². The first-order chi connectivity index (χ1) is 8.74. The fraction of sp³-hybridized carbons (Fsp3) is 0.615. The molecule has 1 aliphatic rings. The second-order valence-electron chi connectivity index (χ2n) is 4.61. The average molecular weight is 270 g/mol. The number of anilines is 1. The van der Waals surface area contributed by atoms with Crippen LogP contribution in [0.1, 0.15) is 18.4 Å². The molecule has 0 bridgehead atoms. The third-order valence-corrected chi connectivity index (χ3v) is 3.66. The van der Waals surface area contributed by atoms with Gasteiger partial charge in [0.05, 0.1) is 11.1 Å². The summed E-state index contributed by atoms with van der Waals surface area (Å²) >= 11 is 6.12. The Morgan fingerprint density at radius 2 is 2.44 bits per heavy atom. The lowest BCUT2D eigenvalue weighted by Gasteiger charge is -2.33. The average Bonchev–Trinajstić information content (AvgIpc) is 2.41. The van der Waals surface area contributed by atoms with Crippen LogP contribution in [0.15, 0.2) is 12.3 Å². The van der Waals surface area contributed by atoms with Crippen LogP contribution in [0.2, 0.25) is 5.02 Å². The summed E-state index contributed by atoms with van der Waals surface area (Å²) in [6, 6.07) is 2.07. The third-order valence-electron chi connectivity index (χ3n) is 3.32. The van der Waals surface area contributed by atoms with Crippen molar-refractivity contribution in [2.24, 2.45) is 0 Å². The van der Waals surface area contributed by atoms with Gasteiger partial charge in [-0.15, -0.1) is 0 Å². The van der Waals surface area contributed by atoms with Crippen LogP contribution < -0.4 is 10.2 Å². The van der Waals surface area contributed by atoms with E-state index in [0.29, 0.717) is 11.1 Å². The van der Waals surface area contributed by atoms with Crippen molar-refractivity contribution in [3.8, 4) is 0 Å². The van der Waals surface area contributed by atoms with Gasteiger partial charge in [-0.2, -0.15) is 0 Å². The molecule has 1 N–H and O–H groups in total. The Balaban J connectivity index is 2.14. The maximum Gasteiger partial charge on any atom is 0.128 e. The molecule has 0 aliphatic carbocycles. The maximum atomic E-state index is 6.12. The lowest BCUT2D eigenvalue weighted by atomic mass is 10.1. The number of hydrogen-bond acceptors (Lipinski definition) is 4. The molecule has 18 heavy (non-hydrogen) atoms. The Hall–Kier alpha value is -0.840. The van der Waals surface area contributed by atoms with Gasteiger partial charge in [0.25, 0.3) is 0 Å². The van der Waals surface area contributed by atoms with E-state index in [9.17, 15) is 0 Å². The minimum Gasteiger partial charge on any atom is -0.380 e. The van der Waals surface area contributed by atoms with Crippen molar-refractivity contribution >= 4 is 17.4 Å². The van der Waals surface area contributed by atoms with E-state index in [1.54, 1.807) is 13.3 Å². The number of methoxy groups -OCH3 is 1. The van der Waals surface area contributed by atoms with Gasteiger partial charge in [-0.05, 0) is 31.5 Å². The van der Waals surface area contributed by atoms with Gasteiger partial charge in [-0.3, -0.25) is 0 Å². The van der Waals surface area contributed by atoms with Crippen molar-refractivity contribution in [1.82, 2.24) is 10.3 Å². The van der Waals surface area contributed by atoms with E-state index in [4.69, 9.17) is 16.3 Å². The molecule has 1 aromatic heterocycles. The van der Waals surface area contributed by atoms with Gasteiger partial charge >= 0.3 is 0 Å².